The lowest BCUT2D eigenvalue weighted by Gasteiger charge is -2.30. The summed E-state index contributed by atoms with van der Waals surface area (Å²) in [7, 11) is 0. The van der Waals surface area contributed by atoms with Gasteiger partial charge in [0.05, 0.1) is 29.6 Å². The number of likely N-dealkylation sites (tertiary alicyclic amines) is 2. The molecule has 3 aromatic heterocycles. The molecule has 8 nitrogen and oxygen atoms in total. The summed E-state index contributed by atoms with van der Waals surface area (Å²) in [6.45, 7) is 3.59. The lowest BCUT2D eigenvalue weighted by molar-refractivity contribution is 0.0115. The number of amides is 1. The fourth-order valence-corrected chi connectivity index (χ4v) is 4.85. The molecule has 0 aliphatic carbocycles. The van der Waals surface area contributed by atoms with E-state index in [9.17, 15) is 13.6 Å². The molecule has 2 fully saturated rings. The van der Waals surface area contributed by atoms with Crippen molar-refractivity contribution >= 4 is 22.5 Å². The molecule has 2 aliphatic heterocycles. The van der Waals surface area contributed by atoms with Crippen LogP contribution in [0, 0.1) is 0 Å². The molecule has 1 amide bonds. The van der Waals surface area contributed by atoms with Crippen LogP contribution in [-0.4, -0.2) is 68.0 Å². The highest BCUT2D eigenvalue weighted by Crippen LogP contribution is 2.29. The van der Waals surface area contributed by atoms with E-state index in [0.29, 0.717) is 24.2 Å². The Morgan fingerprint density at radius 1 is 1.00 bits per heavy atom. The first-order valence-electron chi connectivity index (χ1n) is 12.4. The molecule has 0 spiro atoms. The van der Waals surface area contributed by atoms with E-state index in [1.54, 1.807) is 23.5 Å². The Morgan fingerprint density at radius 3 is 2.62 bits per heavy atom. The number of nitrogens with one attached hydrogen (secondary N) is 2. The molecular formula is C27H27F2N7O. The molecule has 0 atom stereocenters. The van der Waals surface area contributed by atoms with Crippen molar-refractivity contribution in [2.45, 2.75) is 31.9 Å². The van der Waals surface area contributed by atoms with E-state index < -0.39 is 5.92 Å². The second-order valence-corrected chi connectivity index (χ2v) is 9.85. The van der Waals surface area contributed by atoms with Crippen molar-refractivity contribution in [3.05, 3.63) is 71.9 Å². The summed E-state index contributed by atoms with van der Waals surface area (Å²) >= 11 is 0. The van der Waals surface area contributed by atoms with Gasteiger partial charge in [0.1, 0.15) is 0 Å². The SMILES string of the molecule is O=C(Nc1ccc(CN2CCC2)nc1)c1n[nH]c2ccc(-c3cncc(CN4CCC(F)(F)C4)c3)cc12. The van der Waals surface area contributed by atoms with Crippen LogP contribution in [0.4, 0.5) is 14.5 Å². The van der Waals surface area contributed by atoms with E-state index in [1.807, 2.05) is 36.4 Å². The molecule has 190 valence electrons. The molecule has 10 heteroatoms. The van der Waals surface area contributed by atoms with Crippen LogP contribution in [0.1, 0.15) is 34.6 Å². The first-order valence-corrected chi connectivity index (χ1v) is 12.4. The van der Waals surface area contributed by atoms with Crippen molar-refractivity contribution in [2.75, 3.05) is 31.5 Å². The maximum absolute atomic E-state index is 13.6. The number of anilines is 1. The van der Waals surface area contributed by atoms with Crippen LogP contribution < -0.4 is 5.32 Å². The van der Waals surface area contributed by atoms with Crippen LogP contribution in [0.2, 0.25) is 0 Å². The van der Waals surface area contributed by atoms with Crippen molar-refractivity contribution in [3.8, 4) is 11.1 Å². The van der Waals surface area contributed by atoms with Crippen LogP contribution in [0.25, 0.3) is 22.0 Å². The van der Waals surface area contributed by atoms with Gasteiger partial charge in [0.2, 0.25) is 0 Å². The minimum atomic E-state index is -2.62. The zero-order valence-corrected chi connectivity index (χ0v) is 20.3. The number of aromatic amines is 1. The molecule has 37 heavy (non-hydrogen) atoms. The maximum atomic E-state index is 13.6. The fourth-order valence-electron chi connectivity index (χ4n) is 4.85. The quantitative estimate of drug-likeness (QED) is 0.391. The molecule has 2 aliphatic rings. The number of rotatable bonds is 7. The van der Waals surface area contributed by atoms with Gasteiger partial charge in [-0.05, 0) is 61.0 Å². The summed E-state index contributed by atoms with van der Waals surface area (Å²) in [6, 6.07) is 11.4. The van der Waals surface area contributed by atoms with E-state index in [0.717, 1.165) is 47.5 Å². The summed E-state index contributed by atoms with van der Waals surface area (Å²) in [4.78, 5) is 25.9. The summed E-state index contributed by atoms with van der Waals surface area (Å²) in [5.74, 6) is -2.96. The summed E-state index contributed by atoms with van der Waals surface area (Å²) in [5, 5.41) is 10.7. The Kier molecular flexibility index (Phi) is 6.13. The highest BCUT2D eigenvalue weighted by molar-refractivity contribution is 6.11. The summed E-state index contributed by atoms with van der Waals surface area (Å²) in [5.41, 5.74) is 5.17. The first-order chi connectivity index (χ1) is 17.9. The van der Waals surface area contributed by atoms with Gasteiger partial charge >= 0.3 is 0 Å². The average molecular weight is 504 g/mol. The van der Waals surface area contributed by atoms with Crippen LogP contribution >= 0.6 is 0 Å². The van der Waals surface area contributed by atoms with Gasteiger partial charge in [0.15, 0.2) is 5.69 Å². The molecule has 2 N–H and O–H groups in total. The fraction of sp³-hybridized carbons (Fsp3) is 0.333. The number of carbonyl (C=O) groups is 1. The van der Waals surface area contributed by atoms with Gasteiger partial charge in [0.25, 0.3) is 11.8 Å². The molecule has 0 unspecified atom stereocenters. The molecule has 1 aromatic carbocycles. The monoisotopic (exact) mass is 503 g/mol. The Bertz CT molecular complexity index is 1430. The van der Waals surface area contributed by atoms with E-state index in [-0.39, 0.29) is 24.6 Å². The number of nitrogens with zero attached hydrogens (tertiary/aromatic N) is 5. The van der Waals surface area contributed by atoms with Gasteiger partial charge in [-0.15, -0.1) is 0 Å². The van der Waals surface area contributed by atoms with E-state index in [4.69, 9.17) is 0 Å². The maximum Gasteiger partial charge on any atom is 0.276 e. The minimum absolute atomic E-state index is 0.110. The van der Waals surface area contributed by atoms with E-state index in [2.05, 4.69) is 30.4 Å². The highest BCUT2D eigenvalue weighted by Gasteiger charge is 2.37. The number of H-pyrrole nitrogens is 1. The van der Waals surface area contributed by atoms with E-state index >= 15 is 0 Å². The Morgan fingerprint density at radius 2 is 1.89 bits per heavy atom. The molecule has 0 saturated carbocycles. The topological polar surface area (TPSA) is 90.0 Å². The summed E-state index contributed by atoms with van der Waals surface area (Å²) < 4.78 is 27.1. The third kappa shape index (κ3) is 5.21. The van der Waals surface area contributed by atoms with Crippen LogP contribution in [-0.2, 0) is 13.1 Å². The molecule has 6 rings (SSSR count). The minimum Gasteiger partial charge on any atom is -0.319 e. The van der Waals surface area contributed by atoms with Crippen LogP contribution in [0.3, 0.4) is 0 Å². The van der Waals surface area contributed by atoms with Crippen molar-refractivity contribution < 1.29 is 13.6 Å². The van der Waals surface area contributed by atoms with Crippen LogP contribution in [0.15, 0.2) is 55.0 Å². The van der Waals surface area contributed by atoms with Crippen molar-refractivity contribution in [1.29, 1.82) is 0 Å². The van der Waals surface area contributed by atoms with Crippen molar-refractivity contribution in [2.24, 2.45) is 0 Å². The number of aromatic nitrogens is 4. The van der Waals surface area contributed by atoms with E-state index in [1.165, 1.54) is 6.42 Å². The molecule has 2 saturated heterocycles. The third-order valence-electron chi connectivity index (χ3n) is 6.98. The third-order valence-corrected chi connectivity index (χ3v) is 6.98. The number of fused-ring (bicyclic) bond motifs is 1. The van der Waals surface area contributed by atoms with Gasteiger partial charge in [0, 0.05) is 49.4 Å². The van der Waals surface area contributed by atoms with Gasteiger partial charge in [-0.1, -0.05) is 6.07 Å². The van der Waals surface area contributed by atoms with Gasteiger partial charge in [-0.25, -0.2) is 8.78 Å². The molecular weight excluding hydrogens is 476 g/mol. The zero-order valence-electron chi connectivity index (χ0n) is 20.3. The Balaban J connectivity index is 1.18. The lowest BCUT2D eigenvalue weighted by Crippen LogP contribution is -2.36. The Labute approximate surface area is 212 Å². The first kappa shape index (κ1) is 23.6. The lowest BCUT2D eigenvalue weighted by atomic mass is 10.0. The largest absolute Gasteiger partial charge is 0.319 e. The number of benzene rings is 1. The number of hydrogen-bond acceptors (Lipinski definition) is 6. The predicted octanol–water partition coefficient (Wildman–Crippen LogP) is 4.32. The normalized spacial score (nSPS) is 17.7. The predicted molar refractivity (Wildman–Crippen MR) is 136 cm³/mol. The summed E-state index contributed by atoms with van der Waals surface area (Å²) in [6.07, 6.45) is 6.23. The smallest absolute Gasteiger partial charge is 0.276 e. The number of hydrogen-bond donors (Lipinski definition) is 2. The van der Waals surface area contributed by atoms with Crippen molar-refractivity contribution in [1.82, 2.24) is 30.0 Å². The number of halogens is 2. The van der Waals surface area contributed by atoms with Gasteiger partial charge in [-0.2, -0.15) is 5.10 Å². The Hall–Kier alpha value is -3.76. The zero-order chi connectivity index (χ0) is 25.4. The molecule has 4 aromatic rings. The van der Waals surface area contributed by atoms with Gasteiger partial charge in [-0.3, -0.25) is 29.7 Å². The second-order valence-electron chi connectivity index (χ2n) is 9.85. The standard InChI is InChI=1S/C27H27F2N7O/c28-27(29)6-9-36(17-27)15-18-10-20(13-30-12-18)19-2-5-24-23(11-19)25(34-33-24)26(37)32-21-3-4-22(31-14-21)16-35-7-1-8-35/h2-5,10-14H,1,6-9,15-17H2,(H,32,37)(H,33,34). The molecule has 0 radical (unpaired) electrons. The number of alkyl halides is 2. The number of carbonyl (C=O) groups excluding carboxylic acids is 1. The average Bonchev–Trinajstić information content (AvgIpc) is 3.44. The van der Waals surface area contributed by atoms with Crippen LogP contribution in [0.5, 0.6) is 0 Å². The number of pyridine rings is 2. The van der Waals surface area contributed by atoms with Crippen molar-refractivity contribution in [3.63, 3.8) is 0 Å². The molecule has 0 bridgehead atoms. The second kappa shape index (κ2) is 9.60. The van der Waals surface area contributed by atoms with Gasteiger partial charge < -0.3 is 5.32 Å². The molecule has 5 heterocycles. The highest BCUT2D eigenvalue weighted by atomic mass is 19.3.